The van der Waals surface area contributed by atoms with E-state index in [1.807, 2.05) is 47.1 Å². The molecule has 1 unspecified atom stereocenters. The van der Waals surface area contributed by atoms with Gasteiger partial charge < -0.3 is 14.6 Å². The lowest BCUT2D eigenvalue weighted by Crippen LogP contribution is -2.34. The van der Waals surface area contributed by atoms with Crippen LogP contribution in [0.25, 0.3) is 0 Å². The summed E-state index contributed by atoms with van der Waals surface area (Å²) in [6.07, 6.45) is 4.79. The van der Waals surface area contributed by atoms with Crippen molar-refractivity contribution in [3.05, 3.63) is 29.7 Å². The Morgan fingerprint density at radius 2 is 2.17 bits per heavy atom. The zero-order valence-electron chi connectivity index (χ0n) is 14.9. The monoisotopic (exact) mass is 335 g/mol. The van der Waals surface area contributed by atoms with Crippen LogP contribution in [0.4, 0.5) is 4.79 Å². The highest BCUT2D eigenvalue weighted by Gasteiger charge is 2.19. The van der Waals surface area contributed by atoms with E-state index in [1.54, 1.807) is 4.68 Å². The van der Waals surface area contributed by atoms with Crippen LogP contribution in [0, 0.1) is 0 Å². The molecule has 1 atom stereocenters. The molecule has 0 saturated carbocycles. The summed E-state index contributed by atoms with van der Waals surface area (Å²) in [4.78, 5) is 16.0. The molecule has 2 aromatic heterocycles. The Labute approximate surface area is 141 Å². The first kappa shape index (κ1) is 18.0. The smallest absolute Gasteiger partial charge is 0.407 e. The van der Waals surface area contributed by atoms with Gasteiger partial charge in [0.1, 0.15) is 5.60 Å². The summed E-state index contributed by atoms with van der Waals surface area (Å²) < 4.78 is 12.2. The van der Waals surface area contributed by atoms with E-state index < -0.39 is 11.7 Å². The minimum absolute atomic E-state index is 0.0617. The third-order valence-corrected chi connectivity index (χ3v) is 3.26. The molecule has 1 amide bonds. The highest BCUT2D eigenvalue weighted by molar-refractivity contribution is 5.67. The molecule has 8 heteroatoms. The summed E-state index contributed by atoms with van der Waals surface area (Å²) >= 11 is 0. The highest BCUT2D eigenvalue weighted by Crippen LogP contribution is 2.13. The zero-order chi connectivity index (χ0) is 17.7. The fraction of sp³-hybridized carbons (Fsp3) is 0.625. The predicted molar refractivity (Wildman–Crippen MR) is 87.6 cm³/mol. The molecular weight excluding hydrogens is 310 g/mol. The minimum Gasteiger partial charge on any atom is -0.444 e. The molecule has 0 spiro atoms. The number of nitrogens with one attached hydrogen (secondary N) is 1. The molecule has 2 aromatic rings. The Hall–Kier alpha value is -2.38. The lowest BCUT2D eigenvalue weighted by Gasteiger charge is -2.20. The van der Waals surface area contributed by atoms with Gasteiger partial charge in [-0.3, -0.25) is 4.68 Å². The molecule has 0 aromatic carbocycles. The van der Waals surface area contributed by atoms with E-state index in [2.05, 4.69) is 20.6 Å². The molecule has 24 heavy (non-hydrogen) atoms. The van der Waals surface area contributed by atoms with Crippen LogP contribution in [-0.4, -0.2) is 38.2 Å². The molecule has 0 aliphatic carbocycles. The van der Waals surface area contributed by atoms with Gasteiger partial charge in [0, 0.05) is 32.1 Å². The topological polar surface area (TPSA) is 95.1 Å². The van der Waals surface area contributed by atoms with E-state index in [4.69, 9.17) is 9.26 Å². The summed E-state index contributed by atoms with van der Waals surface area (Å²) in [5, 5.41) is 10.8. The number of aryl methyl sites for hydroxylation is 3. The normalized spacial score (nSPS) is 12.9. The second-order valence-corrected chi connectivity index (χ2v) is 6.85. The van der Waals surface area contributed by atoms with Crippen molar-refractivity contribution in [2.75, 3.05) is 6.54 Å². The van der Waals surface area contributed by atoms with Crippen LogP contribution in [0.15, 0.2) is 16.9 Å². The number of nitrogens with zero attached hydrogens (tertiary/aromatic N) is 4. The van der Waals surface area contributed by atoms with Crippen LogP contribution >= 0.6 is 0 Å². The fourth-order valence-corrected chi connectivity index (χ4v) is 2.06. The maximum absolute atomic E-state index is 11.7. The van der Waals surface area contributed by atoms with Crippen LogP contribution in [0.5, 0.6) is 0 Å². The first-order valence-corrected chi connectivity index (χ1v) is 8.00. The van der Waals surface area contributed by atoms with Gasteiger partial charge in [-0.15, -0.1) is 0 Å². The number of hydrogen-bond acceptors (Lipinski definition) is 6. The Balaban J connectivity index is 1.80. The van der Waals surface area contributed by atoms with E-state index in [-0.39, 0.29) is 5.92 Å². The molecule has 0 saturated heterocycles. The molecule has 2 rings (SSSR count). The third kappa shape index (κ3) is 5.68. The summed E-state index contributed by atoms with van der Waals surface area (Å²) in [6.45, 7) is 7.78. The number of carbonyl (C=O) groups is 1. The van der Waals surface area contributed by atoms with Gasteiger partial charge >= 0.3 is 6.09 Å². The first-order chi connectivity index (χ1) is 11.2. The molecule has 0 aliphatic rings. The maximum atomic E-state index is 11.7. The Morgan fingerprint density at radius 1 is 1.42 bits per heavy atom. The molecule has 2 heterocycles. The van der Waals surface area contributed by atoms with E-state index in [0.717, 1.165) is 12.0 Å². The number of carbonyl (C=O) groups excluding carboxylic acids is 1. The SMILES string of the molecule is CC(CNC(=O)OC(C)(C)C)c1noc(CCc2cnn(C)c2)n1. The standard InChI is InChI=1S/C16H25N5O3/c1-11(8-17-15(22)23-16(2,3)4)14-19-13(24-20-14)7-6-12-9-18-21(5)10-12/h9-11H,6-8H2,1-5H3,(H,17,22). The van der Waals surface area contributed by atoms with Crippen molar-refractivity contribution in [2.24, 2.45) is 7.05 Å². The fourth-order valence-electron chi connectivity index (χ4n) is 2.06. The van der Waals surface area contributed by atoms with Crippen LogP contribution in [0.2, 0.25) is 0 Å². The number of hydrogen-bond donors (Lipinski definition) is 1. The summed E-state index contributed by atoms with van der Waals surface area (Å²) in [5.41, 5.74) is 0.607. The van der Waals surface area contributed by atoms with E-state index in [0.29, 0.717) is 24.7 Å². The summed E-state index contributed by atoms with van der Waals surface area (Å²) in [7, 11) is 1.88. The van der Waals surface area contributed by atoms with Crippen molar-refractivity contribution < 1.29 is 14.1 Å². The lowest BCUT2D eigenvalue weighted by molar-refractivity contribution is 0.0524. The van der Waals surface area contributed by atoms with Gasteiger partial charge in [-0.05, 0) is 32.8 Å². The summed E-state index contributed by atoms with van der Waals surface area (Å²) in [6, 6.07) is 0. The number of ether oxygens (including phenoxy) is 1. The zero-order valence-corrected chi connectivity index (χ0v) is 14.9. The second-order valence-electron chi connectivity index (χ2n) is 6.85. The minimum atomic E-state index is -0.515. The molecule has 1 N–H and O–H groups in total. The number of rotatable bonds is 6. The molecular formula is C16H25N5O3. The highest BCUT2D eigenvalue weighted by atomic mass is 16.6. The van der Waals surface area contributed by atoms with Gasteiger partial charge in [0.05, 0.1) is 6.20 Å². The average Bonchev–Trinajstić information content (AvgIpc) is 3.09. The predicted octanol–water partition coefficient (Wildman–Crippen LogP) is 2.22. The van der Waals surface area contributed by atoms with Crippen LogP contribution in [-0.2, 0) is 24.6 Å². The Kier molecular flexibility index (Phi) is 5.58. The number of amides is 1. The van der Waals surface area contributed by atoms with Gasteiger partial charge in [-0.2, -0.15) is 10.1 Å². The maximum Gasteiger partial charge on any atom is 0.407 e. The molecule has 0 aliphatic heterocycles. The Bertz CT molecular complexity index is 671. The van der Waals surface area contributed by atoms with Gasteiger partial charge in [0.2, 0.25) is 5.89 Å². The van der Waals surface area contributed by atoms with Crippen LogP contribution in [0.1, 0.15) is 50.9 Å². The van der Waals surface area contributed by atoms with Gasteiger partial charge in [-0.25, -0.2) is 4.79 Å². The van der Waals surface area contributed by atoms with Gasteiger partial charge in [0.25, 0.3) is 0 Å². The van der Waals surface area contributed by atoms with Crippen molar-refractivity contribution in [2.45, 2.75) is 52.1 Å². The van der Waals surface area contributed by atoms with Crippen molar-refractivity contribution in [1.82, 2.24) is 25.2 Å². The third-order valence-electron chi connectivity index (χ3n) is 3.26. The first-order valence-electron chi connectivity index (χ1n) is 8.00. The van der Waals surface area contributed by atoms with Gasteiger partial charge in [-0.1, -0.05) is 12.1 Å². The van der Waals surface area contributed by atoms with E-state index in [9.17, 15) is 4.79 Å². The molecule has 132 valence electrons. The van der Waals surface area contributed by atoms with Crippen LogP contribution < -0.4 is 5.32 Å². The van der Waals surface area contributed by atoms with Crippen LogP contribution in [0.3, 0.4) is 0 Å². The lowest BCUT2D eigenvalue weighted by atomic mass is 10.1. The van der Waals surface area contributed by atoms with Gasteiger partial charge in [0.15, 0.2) is 5.82 Å². The number of aromatic nitrogens is 4. The van der Waals surface area contributed by atoms with Crippen molar-refractivity contribution in [3.8, 4) is 0 Å². The molecule has 0 fully saturated rings. The van der Waals surface area contributed by atoms with Crippen molar-refractivity contribution in [3.63, 3.8) is 0 Å². The summed E-state index contributed by atoms with van der Waals surface area (Å²) in [5.74, 6) is 1.10. The Morgan fingerprint density at radius 3 is 2.79 bits per heavy atom. The quantitative estimate of drug-likeness (QED) is 0.869. The van der Waals surface area contributed by atoms with E-state index in [1.165, 1.54) is 0 Å². The molecule has 0 radical (unpaired) electrons. The van der Waals surface area contributed by atoms with E-state index >= 15 is 0 Å². The molecule has 8 nitrogen and oxygen atoms in total. The van der Waals surface area contributed by atoms with Crippen molar-refractivity contribution >= 4 is 6.09 Å². The van der Waals surface area contributed by atoms with Crippen molar-refractivity contribution in [1.29, 1.82) is 0 Å². The molecule has 0 bridgehead atoms. The average molecular weight is 335 g/mol. The largest absolute Gasteiger partial charge is 0.444 e. The second kappa shape index (κ2) is 7.46. The number of alkyl carbamates (subject to hydrolysis) is 1.